The van der Waals surface area contributed by atoms with Crippen molar-refractivity contribution in [2.75, 3.05) is 6.54 Å². The van der Waals surface area contributed by atoms with Crippen LogP contribution in [0.1, 0.15) is 38.7 Å². The highest BCUT2D eigenvalue weighted by atomic mass is 28.4. The minimum absolute atomic E-state index is 0.0545. The molecule has 0 saturated carbocycles. The molecule has 1 atom stereocenters. The predicted molar refractivity (Wildman–Crippen MR) is 88.3 cm³/mol. The van der Waals surface area contributed by atoms with E-state index in [9.17, 15) is 4.79 Å². The van der Waals surface area contributed by atoms with E-state index in [2.05, 4.69) is 33.9 Å². The average molecular weight is 309 g/mol. The van der Waals surface area contributed by atoms with Crippen molar-refractivity contribution in [1.82, 2.24) is 0 Å². The molecule has 0 bridgehead atoms. The van der Waals surface area contributed by atoms with E-state index in [0.717, 1.165) is 11.3 Å². The summed E-state index contributed by atoms with van der Waals surface area (Å²) in [4.78, 5) is 10.8. The van der Waals surface area contributed by atoms with Crippen LogP contribution in [0.4, 0.5) is 0 Å². The number of carboxylic acid groups (broad SMARTS) is 1. The molecule has 3 N–H and O–H groups in total. The largest absolute Gasteiger partial charge is 0.544 e. The molecule has 1 aromatic carbocycles. The van der Waals surface area contributed by atoms with Crippen LogP contribution < -0.4 is 10.2 Å². The summed E-state index contributed by atoms with van der Waals surface area (Å²) < 4.78 is 6.21. The Labute approximate surface area is 128 Å². The summed E-state index contributed by atoms with van der Waals surface area (Å²) in [6.07, 6.45) is 0.0545. The molecule has 0 amide bonds. The first-order chi connectivity index (χ1) is 9.56. The van der Waals surface area contributed by atoms with Gasteiger partial charge in [0.15, 0.2) is 0 Å². The third kappa shape index (κ3) is 4.86. The topological polar surface area (TPSA) is 72.5 Å². The smallest absolute Gasteiger partial charge is 0.304 e. The van der Waals surface area contributed by atoms with Gasteiger partial charge in [-0.3, -0.25) is 4.79 Å². The number of hydrogen-bond acceptors (Lipinski definition) is 3. The second-order valence-electron chi connectivity index (χ2n) is 6.96. The lowest BCUT2D eigenvalue weighted by Crippen LogP contribution is -2.43. The van der Waals surface area contributed by atoms with Gasteiger partial charge in [-0.15, -0.1) is 0 Å². The SMILES string of the molecule is CC(C)(C)[Si](C)(C)Oc1ccc(C(CN)CC(=O)O)cc1. The molecular weight excluding hydrogens is 282 g/mol. The van der Waals surface area contributed by atoms with E-state index >= 15 is 0 Å². The molecular formula is C16H27NO3Si. The van der Waals surface area contributed by atoms with Crippen LogP contribution in [0.5, 0.6) is 5.75 Å². The third-order valence-electron chi connectivity index (χ3n) is 4.24. The van der Waals surface area contributed by atoms with E-state index < -0.39 is 14.3 Å². The summed E-state index contributed by atoms with van der Waals surface area (Å²) in [5, 5.41) is 9.05. The van der Waals surface area contributed by atoms with Crippen LogP contribution in [0.2, 0.25) is 18.1 Å². The molecule has 4 nitrogen and oxygen atoms in total. The monoisotopic (exact) mass is 309 g/mol. The molecule has 1 aromatic rings. The van der Waals surface area contributed by atoms with Crippen molar-refractivity contribution in [3.05, 3.63) is 29.8 Å². The highest BCUT2D eigenvalue weighted by molar-refractivity contribution is 6.74. The van der Waals surface area contributed by atoms with Gasteiger partial charge in [-0.2, -0.15) is 0 Å². The third-order valence-corrected chi connectivity index (χ3v) is 8.59. The summed E-state index contributed by atoms with van der Waals surface area (Å²) in [6.45, 7) is 11.3. The van der Waals surface area contributed by atoms with Crippen LogP contribution >= 0.6 is 0 Å². The standard InChI is InChI=1S/C16H27NO3Si/c1-16(2,3)21(4,5)20-14-8-6-12(7-9-14)13(11-17)10-15(18)19/h6-9,13H,10-11,17H2,1-5H3,(H,18,19). The molecule has 1 unspecified atom stereocenters. The lowest BCUT2D eigenvalue weighted by molar-refractivity contribution is -0.137. The Morgan fingerprint density at radius 1 is 1.29 bits per heavy atom. The first-order valence-electron chi connectivity index (χ1n) is 7.27. The Morgan fingerprint density at radius 2 is 1.81 bits per heavy atom. The summed E-state index contributed by atoms with van der Waals surface area (Å²) >= 11 is 0. The van der Waals surface area contributed by atoms with Crippen LogP contribution in [0.15, 0.2) is 24.3 Å². The molecule has 0 radical (unpaired) electrons. The quantitative estimate of drug-likeness (QED) is 0.788. The number of rotatable bonds is 6. The number of aliphatic carboxylic acids is 1. The predicted octanol–water partition coefficient (Wildman–Crippen LogP) is 3.59. The number of hydrogen-bond donors (Lipinski definition) is 2. The Kier molecular flexibility index (Phi) is 5.59. The molecule has 0 aromatic heterocycles. The molecule has 0 aliphatic carbocycles. The first kappa shape index (κ1) is 17.7. The van der Waals surface area contributed by atoms with E-state index in [-0.39, 0.29) is 17.4 Å². The molecule has 21 heavy (non-hydrogen) atoms. The maximum Gasteiger partial charge on any atom is 0.304 e. The minimum Gasteiger partial charge on any atom is -0.544 e. The zero-order chi connectivity index (χ0) is 16.3. The minimum atomic E-state index is -1.84. The molecule has 0 aliphatic heterocycles. The molecule has 0 saturated heterocycles. The van der Waals surface area contributed by atoms with Crippen LogP contribution in [-0.2, 0) is 4.79 Å². The van der Waals surface area contributed by atoms with Crippen LogP contribution in [0.25, 0.3) is 0 Å². The van der Waals surface area contributed by atoms with E-state index in [1.807, 2.05) is 24.3 Å². The van der Waals surface area contributed by atoms with Crippen molar-refractivity contribution in [2.24, 2.45) is 5.73 Å². The van der Waals surface area contributed by atoms with Crippen molar-refractivity contribution < 1.29 is 14.3 Å². The molecule has 0 spiro atoms. The van der Waals surface area contributed by atoms with Gasteiger partial charge >= 0.3 is 5.97 Å². The highest BCUT2D eigenvalue weighted by Crippen LogP contribution is 2.37. The Balaban J connectivity index is 2.85. The highest BCUT2D eigenvalue weighted by Gasteiger charge is 2.38. The average Bonchev–Trinajstić information content (AvgIpc) is 2.35. The van der Waals surface area contributed by atoms with Crippen molar-refractivity contribution in [1.29, 1.82) is 0 Å². The van der Waals surface area contributed by atoms with Crippen molar-refractivity contribution in [3.63, 3.8) is 0 Å². The number of carboxylic acids is 1. The van der Waals surface area contributed by atoms with Gasteiger partial charge in [0, 0.05) is 5.92 Å². The molecule has 5 heteroatoms. The fourth-order valence-corrected chi connectivity index (χ4v) is 2.84. The molecule has 0 heterocycles. The van der Waals surface area contributed by atoms with Gasteiger partial charge in [-0.05, 0) is 42.4 Å². The maximum absolute atomic E-state index is 10.8. The van der Waals surface area contributed by atoms with Gasteiger partial charge in [-0.1, -0.05) is 32.9 Å². The van der Waals surface area contributed by atoms with Crippen LogP contribution in [0, 0.1) is 0 Å². The van der Waals surface area contributed by atoms with Crippen LogP contribution in [-0.4, -0.2) is 25.9 Å². The molecule has 0 fully saturated rings. The molecule has 118 valence electrons. The normalized spacial score (nSPS) is 13.8. The molecule has 1 rings (SSSR count). The van der Waals surface area contributed by atoms with Gasteiger partial charge in [0.1, 0.15) is 5.75 Å². The Morgan fingerprint density at radius 3 is 2.19 bits per heavy atom. The number of benzene rings is 1. The van der Waals surface area contributed by atoms with Crippen molar-refractivity contribution >= 4 is 14.3 Å². The second kappa shape index (κ2) is 6.62. The maximum atomic E-state index is 10.8. The van der Waals surface area contributed by atoms with Crippen molar-refractivity contribution in [2.45, 2.75) is 51.2 Å². The van der Waals surface area contributed by atoms with E-state index in [1.54, 1.807) is 0 Å². The fourth-order valence-electron chi connectivity index (χ4n) is 1.80. The Hall–Kier alpha value is -1.33. The van der Waals surface area contributed by atoms with Gasteiger partial charge in [0.25, 0.3) is 0 Å². The summed E-state index contributed by atoms with van der Waals surface area (Å²) in [5.74, 6) is -0.132. The van der Waals surface area contributed by atoms with Gasteiger partial charge in [0.2, 0.25) is 8.32 Å². The van der Waals surface area contributed by atoms with Gasteiger partial charge in [0.05, 0.1) is 6.42 Å². The van der Waals surface area contributed by atoms with E-state index in [1.165, 1.54) is 0 Å². The van der Waals surface area contributed by atoms with Crippen molar-refractivity contribution in [3.8, 4) is 5.75 Å². The van der Waals surface area contributed by atoms with Crippen LogP contribution in [0.3, 0.4) is 0 Å². The summed E-state index contributed by atoms with van der Waals surface area (Å²) in [6, 6.07) is 7.67. The Bertz CT molecular complexity index is 477. The summed E-state index contributed by atoms with van der Waals surface area (Å²) in [7, 11) is -1.84. The number of carbonyl (C=O) groups is 1. The second-order valence-corrected chi connectivity index (χ2v) is 11.7. The van der Waals surface area contributed by atoms with E-state index in [4.69, 9.17) is 15.3 Å². The van der Waals surface area contributed by atoms with Gasteiger partial charge < -0.3 is 15.3 Å². The summed E-state index contributed by atoms with van der Waals surface area (Å²) in [5.41, 5.74) is 6.61. The zero-order valence-corrected chi connectivity index (χ0v) is 14.6. The lowest BCUT2D eigenvalue weighted by atomic mass is 9.96. The molecule has 0 aliphatic rings. The zero-order valence-electron chi connectivity index (χ0n) is 13.6. The van der Waals surface area contributed by atoms with Gasteiger partial charge in [-0.25, -0.2) is 0 Å². The van der Waals surface area contributed by atoms with E-state index in [0.29, 0.717) is 6.54 Å². The first-order valence-corrected chi connectivity index (χ1v) is 10.2. The fraction of sp³-hybridized carbons (Fsp3) is 0.562. The number of nitrogens with two attached hydrogens (primary N) is 1. The lowest BCUT2D eigenvalue weighted by Gasteiger charge is -2.36.